The molecule has 6 heteroatoms. The fourth-order valence-corrected chi connectivity index (χ4v) is 1.22. The molecular formula is C8H8Cl2N2O2. The molecule has 0 fully saturated rings. The van der Waals surface area contributed by atoms with Crippen LogP contribution in [-0.4, -0.2) is 13.2 Å². The highest BCUT2D eigenvalue weighted by Gasteiger charge is 2.02. The lowest BCUT2D eigenvalue weighted by atomic mass is 10.3. The number of rotatable bonds is 2. The number of benzene rings is 1. The van der Waals surface area contributed by atoms with Crippen molar-refractivity contribution in [2.75, 3.05) is 12.5 Å². The van der Waals surface area contributed by atoms with E-state index in [9.17, 15) is 4.79 Å². The molecule has 0 bridgehead atoms. The second-order valence-electron chi connectivity index (χ2n) is 2.37. The number of carbonyl (C=O) groups is 1. The van der Waals surface area contributed by atoms with Crippen LogP contribution in [0.5, 0.6) is 0 Å². The first-order valence-electron chi connectivity index (χ1n) is 3.68. The quantitative estimate of drug-likeness (QED) is 0.774. The van der Waals surface area contributed by atoms with E-state index in [0.29, 0.717) is 15.7 Å². The molecule has 1 aromatic carbocycles. The molecule has 0 spiro atoms. The molecule has 0 aliphatic rings. The third kappa shape index (κ3) is 2.97. The number of ether oxygens (including phenoxy) is 1. The van der Waals surface area contributed by atoms with Gasteiger partial charge in [-0.3, -0.25) is 5.43 Å². The van der Waals surface area contributed by atoms with Crippen LogP contribution in [0.25, 0.3) is 0 Å². The minimum Gasteiger partial charge on any atom is -0.452 e. The van der Waals surface area contributed by atoms with Crippen molar-refractivity contribution in [3.8, 4) is 0 Å². The van der Waals surface area contributed by atoms with Crippen molar-refractivity contribution in [1.82, 2.24) is 5.43 Å². The number of anilines is 1. The zero-order valence-electron chi connectivity index (χ0n) is 7.30. The lowest BCUT2D eigenvalue weighted by Crippen LogP contribution is -2.29. The van der Waals surface area contributed by atoms with Crippen molar-refractivity contribution < 1.29 is 9.53 Å². The second kappa shape index (κ2) is 4.93. The first-order chi connectivity index (χ1) is 6.63. The third-order valence-corrected chi connectivity index (χ3v) is 1.96. The molecule has 0 aliphatic heterocycles. The topological polar surface area (TPSA) is 50.4 Å². The molecule has 1 aromatic rings. The Morgan fingerprint density at radius 2 is 2.14 bits per heavy atom. The fraction of sp³-hybridized carbons (Fsp3) is 0.125. The van der Waals surface area contributed by atoms with E-state index in [2.05, 4.69) is 15.6 Å². The van der Waals surface area contributed by atoms with Gasteiger partial charge in [0.1, 0.15) is 0 Å². The van der Waals surface area contributed by atoms with Gasteiger partial charge in [0.05, 0.1) is 17.8 Å². The first kappa shape index (κ1) is 10.9. The summed E-state index contributed by atoms with van der Waals surface area (Å²) in [6, 6.07) is 4.85. The smallest absolute Gasteiger partial charge is 0.425 e. The summed E-state index contributed by atoms with van der Waals surface area (Å²) in [6.07, 6.45) is -0.601. The Bertz CT molecular complexity index is 344. The molecule has 1 amide bonds. The molecule has 1 rings (SSSR count). The Balaban J connectivity index is 2.63. The van der Waals surface area contributed by atoms with E-state index >= 15 is 0 Å². The molecule has 76 valence electrons. The van der Waals surface area contributed by atoms with Crippen LogP contribution < -0.4 is 10.9 Å². The van der Waals surface area contributed by atoms with Crippen molar-refractivity contribution in [3.63, 3.8) is 0 Å². The summed E-state index contributed by atoms with van der Waals surface area (Å²) in [6.45, 7) is 0. The predicted molar refractivity (Wildman–Crippen MR) is 55.6 cm³/mol. The highest BCUT2D eigenvalue weighted by Crippen LogP contribution is 2.24. The fourth-order valence-electron chi connectivity index (χ4n) is 0.760. The molecule has 0 heterocycles. The maximum Gasteiger partial charge on any atom is 0.425 e. The van der Waals surface area contributed by atoms with Gasteiger partial charge in [0.2, 0.25) is 0 Å². The van der Waals surface area contributed by atoms with Gasteiger partial charge in [-0.05, 0) is 18.2 Å². The summed E-state index contributed by atoms with van der Waals surface area (Å²) in [5.41, 5.74) is 5.39. The highest BCUT2D eigenvalue weighted by atomic mass is 35.5. The number of halogens is 2. The van der Waals surface area contributed by atoms with Gasteiger partial charge in [-0.25, -0.2) is 10.2 Å². The van der Waals surface area contributed by atoms with Gasteiger partial charge in [0, 0.05) is 5.02 Å². The van der Waals surface area contributed by atoms with E-state index < -0.39 is 6.09 Å². The standard InChI is InChI=1S/C8H8Cl2N2O2/c1-14-8(13)12-11-7-3-2-5(9)4-6(7)10/h2-4,11H,1H3,(H,12,13). The van der Waals surface area contributed by atoms with E-state index in [0.717, 1.165) is 0 Å². The largest absolute Gasteiger partial charge is 0.452 e. The monoisotopic (exact) mass is 234 g/mol. The summed E-state index contributed by atoms with van der Waals surface area (Å²) in [7, 11) is 1.26. The minimum absolute atomic E-state index is 0.411. The van der Waals surface area contributed by atoms with Crippen molar-refractivity contribution >= 4 is 35.0 Å². The van der Waals surface area contributed by atoms with Gasteiger partial charge < -0.3 is 4.74 Å². The summed E-state index contributed by atoms with van der Waals surface area (Å²) in [5.74, 6) is 0. The summed E-state index contributed by atoms with van der Waals surface area (Å²) < 4.78 is 4.35. The van der Waals surface area contributed by atoms with E-state index in [4.69, 9.17) is 23.2 Å². The molecular weight excluding hydrogens is 227 g/mol. The highest BCUT2D eigenvalue weighted by molar-refractivity contribution is 6.36. The van der Waals surface area contributed by atoms with Gasteiger partial charge in [-0.15, -0.1) is 0 Å². The zero-order chi connectivity index (χ0) is 10.6. The van der Waals surface area contributed by atoms with Gasteiger partial charge in [-0.1, -0.05) is 23.2 Å². The van der Waals surface area contributed by atoms with Crippen LogP contribution in [0.4, 0.5) is 10.5 Å². The number of nitrogens with one attached hydrogen (secondary N) is 2. The van der Waals surface area contributed by atoms with Crippen LogP contribution in [0.3, 0.4) is 0 Å². The molecule has 0 unspecified atom stereocenters. The Morgan fingerprint density at radius 3 is 2.71 bits per heavy atom. The van der Waals surface area contributed by atoms with Crippen LogP contribution in [0.15, 0.2) is 18.2 Å². The van der Waals surface area contributed by atoms with Gasteiger partial charge in [0.25, 0.3) is 0 Å². The van der Waals surface area contributed by atoms with Gasteiger partial charge >= 0.3 is 6.09 Å². The summed E-state index contributed by atoms with van der Waals surface area (Å²) >= 11 is 11.5. The normalized spacial score (nSPS) is 9.36. The zero-order valence-corrected chi connectivity index (χ0v) is 8.82. The molecule has 0 saturated carbocycles. The molecule has 0 radical (unpaired) electrons. The van der Waals surface area contributed by atoms with Crippen LogP contribution in [0.2, 0.25) is 10.0 Å². The lowest BCUT2D eigenvalue weighted by molar-refractivity contribution is 0.173. The number of hydrazine groups is 1. The average Bonchev–Trinajstić information content (AvgIpc) is 2.16. The maximum absolute atomic E-state index is 10.7. The Labute approximate surface area is 91.1 Å². The lowest BCUT2D eigenvalue weighted by Gasteiger charge is -2.08. The Kier molecular flexibility index (Phi) is 3.85. The number of hydrogen-bond acceptors (Lipinski definition) is 3. The van der Waals surface area contributed by atoms with E-state index in [1.165, 1.54) is 7.11 Å². The molecule has 0 atom stereocenters. The Hall–Kier alpha value is -1.13. The third-order valence-electron chi connectivity index (χ3n) is 1.42. The second-order valence-corrected chi connectivity index (χ2v) is 3.21. The molecule has 0 aliphatic carbocycles. The Morgan fingerprint density at radius 1 is 1.43 bits per heavy atom. The van der Waals surface area contributed by atoms with Crippen molar-refractivity contribution in [3.05, 3.63) is 28.2 Å². The van der Waals surface area contributed by atoms with Crippen LogP contribution in [0, 0.1) is 0 Å². The van der Waals surface area contributed by atoms with Gasteiger partial charge in [-0.2, -0.15) is 0 Å². The molecule has 2 N–H and O–H groups in total. The van der Waals surface area contributed by atoms with E-state index in [-0.39, 0.29) is 0 Å². The maximum atomic E-state index is 10.7. The predicted octanol–water partition coefficient (Wildman–Crippen LogP) is 2.68. The van der Waals surface area contributed by atoms with Crippen molar-refractivity contribution in [2.24, 2.45) is 0 Å². The summed E-state index contributed by atoms with van der Waals surface area (Å²) in [5, 5.41) is 0.938. The van der Waals surface area contributed by atoms with Crippen molar-refractivity contribution in [1.29, 1.82) is 0 Å². The SMILES string of the molecule is COC(=O)NNc1ccc(Cl)cc1Cl. The number of methoxy groups -OCH3 is 1. The molecule has 14 heavy (non-hydrogen) atoms. The molecule has 4 nitrogen and oxygen atoms in total. The van der Waals surface area contributed by atoms with Crippen molar-refractivity contribution in [2.45, 2.75) is 0 Å². The number of amides is 1. The molecule has 0 aromatic heterocycles. The number of hydrogen-bond donors (Lipinski definition) is 2. The minimum atomic E-state index is -0.601. The van der Waals surface area contributed by atoms with Gasteiger partial charge in [0.15, 0.2) is 0 Å². The van der Waals surface area contributed by atoms with E-state index in [1.807, 2.05) is 0 Å². The van der Waals surface area contributed by atoms with Crippen LogP contribution in [0.1, 0.15) is 0 Å². The average molecular weight is 235 g/mol. The van der Waals surface area contributed by atoms with E-state index in [1.54, 1.807) is 18.2 Å². The van der Waals surface area contributed by atoms with Crippen LogP contribution in [-0.2, 0) is 4.74 Å². The molecule has 0 saturated heterocycles. The summed E-state index contributed by atoms with van der Waals surface area (Å²) in [4.78, 5) is 10.7. The van der Waals surface area contributed by atoms with Crippen LogP contribution >= 0.6 is 23.2 Å². The first-order valence-corrected chi connectivity index (χ1v) is 4.44. The number of carbonyl (C=O) groups excluding carboxylic acids is 1.